The van der Waals surface area contributed by atoms with Gasteiger partial charge in [0.25, 0.3) is 0 Å². The van der Waals surface area contributed by atoms with Crippen LogP contribution in [0.5, 0.6) is 5.75 Å². The van der Waals surface area contributed by atoms with Crippen LogP contribution in [0.4, 0.5) is 0 Å². The number of aromatic hydroxyl groups is 1. The summed E-state index contributed by atoms with van der Waals surface area (Å²) in [5.41, 5.74) is 2.85. The summed E-state index contributed by atoms with van der Waals surface area (Å²) in [7, 11) is 0. The minimum atomic E-state index is 0.329. The summed E-state index contributed by atoms with van der Waals surface area (Å²) < 4.78 is 0. The number of phenolic OH excluding ortho intramolecular Hbond substituents is 1. The fourth-order valence-electron chi connectivity index (χ4n) is 1.39. The van der Waals surface area contributed by atoms with E-state index >= 15 is 0 Å². The standard InChI is InChI=1S/C12H14O/c1-4-9-7-10(5-2)11(6-3)12(13)8-9/h4-5,7-8,13H,1-2,6H2,3H3. The van der Waals surface area contributed by atoms with E-state index in [1.165, 1.54) is 0 Å². The molecule has 0 saturated heterocycles. The van der Waals surface area contributed by atoms with Gasteiger partial charge in [0.05, 0.1) is 0 Å². The Morgan fingerprint density at radius 1 is 1.31 bits per heavy atom. The predicted octanol–water partition coefficient (Wildman–Crippen LogP) is 3.24. The Hall–Kier alpha value is -1.50. The molecule has 13 heavy (non-hydrogen) atoms. The Morgan fingerprint density at radius 2 is 2.00 bits per heavy atom. The third-order valence-corrected chi connectivity index (χ3v) is 2.09. The number of hydrogen-bond acceptors (Lipinski definition) is 1. The van der Waals surface area contributed by atoms with Crippen molar-refractivity contribution in [2.24, 2.45) is 0 Å². The molecule has 0 radical (unpaired) electrons. The van der Waals surface area contributed by atoms with Crippen LogP contribution in [0, 0.1) is 0 Å². The van der Waals surface area contributed by atoms with Crippen LogP contribution < -0.4 is 0 Å². The Kier molecular flexibility index (Phi) is 2.91. The molecule has 1 heteroatoms. The van der Waals surface area contributed by atoms with E-state index in [1.807, 2.05) is 13.0 Å². The second kappa shape index (κ2) is 3.94. The Balaban J connectivity index is 3.36. The molecule has 0 bridgehead atoms. The van der Waals surface area contributed by atoms with E-state index in [0.717, 1.165) is 23.1 Å². The van der Waals surface area contributed by atoms with Crippen molar-refractivity contribution in [3.8, 4) is 5.75 Å². The smallest absolute Gasteiger partial charge is 0.119 e. The van der Waals surface area contributed by atoms with Crippen LogP contribution in [0.15, 0.2) is 25.3 Å². The molecule has 0 spiro atoms. The minimum Gasteiger partial charge on any atom is -0.508 e. The zero-order valence-corrected chi connectivity index (χ0v) is 7.88. The van der Waals surface area contributed by atoms with E-state index in [2.05, 4.69) is 13.2 Å². The van der Waals surface area contributed by atoms with Crippen LogP contribution in [0.25, 0.3) is 12.2 Å². The molecule has 0 unspecified atom stereocenters. The van der Waals surface area contributed by atoms with Crippen molar-refractivity contribution in [2.45, 2.75) is 13.3 Å². The van der Waals surface area contributed by atoms with E-state index in [0.29, 0.717) is 5.75 Å². The van der Waals surface area contributed by atoms with Gasteiger partial charge in [0.1, 0.15) is 5.75 Å². The number of benzene rings is 1. The minimum absolute atomic E-state index is 0.329. The van der Waals surface area contributed by atoms with Crippen molar-refractivity contribution in [1.29, 1.82) is 0 Å². The Bertz CT molecular complexity index is 337. The predicted molar refractivity (Wildman–Crippen MR) is 57.7 cm³/mol. The van der Waals surface area contributed by atoms with Gasteiger partial charge in [-0.15, -0.1) is 0 Å². The second-order valence-electron chi connectivity index (χ2n) is 2.87. The van der Waals surface area contributed by atoms with Crippen LogP contribution in [-0.4, -0.2) is 5.11 Å². The van der Waals surface area contributed by atoms with Crippen LogP contribution in [0.3, 0.4) is 0 Å². The lowest BCUT2D eigenvalue weighted by molar-refractivity contribution is 0.468. The van der Waals surface area contributed by atoms with Gasteiger partial charge >= 0.3 is 0 Å². The van der Waals surface area contributed by atoms with Crippen LogP contribution in [-0.2, 0) is 6.42 Å². The molecule has 1 rings (SSSR count). The first-order valence-electron chi connectivity index (χ1n) is 4.33. The summed E-state index contributed by atoms with van der Waals surface area (Å²) in [6.07, 6.45) is 4.28. The highest BCUT2D eigenvalue weighted by Gasteiger charge is 2.04. The zero-order chi connectivity index (χ0) is 9.84. The zero-order valence-electron chi connectivity index (χ0n) is 7.88. The summed E-state index contributed by atoms with van der Waals surface area (Å²) in [4.78, 5) is 0. The number of rotatable bonds is 3. The first-order chi connectivity index (χ1) is 6.22. The second-order valence-corrected chi connectivity index (χ2v) is 2.87. The molecule has 0 saturated carbocycles. The average molecular weight is 174 g/mol. The fourth-order valence-corrected chi connectivity index (χ4v) is 1.39. The van der Waals surface area contributed by atoms with E-state index in [1.54, 1.807) is 18.2 Å². The van der Waals surface area contributed by atoms with Crippen LogP contribution in [0.1, 0.15) is 23.6 Å². The molecule has 1 aromatic carbocycles. The molecule has 1 N–H and O–H groups in total. The summed E-state index contributed by atoms with van der Waals surface area (Å²) in [6.45, 7) is 9.38. The molecule has 0 heterocycles. The first kappa shape index (κ1) is 9.59. The molecule has 68 valence electrons. The molecular weight excluding hydrogens is 160 g/mol. The van der Waals surface area contributed by atoms with Crippen LogP contribution >= 0.6 is 0 Å². The van der Waals surface area contributed by atoms with Gasteiger partial charge in [-0.25, -0.2) is 0 Å². The maximum Gasteiger partial charge on any atom is 0.119 e. The van der Waals surface area contributed by atoms with Crippen molar-refractivity contribution in [3.63, 3.8) is 0 Å². The number of hydrogen-bond donors (Lipinski definition) is 1. The summed E-state index contributed by atoms with van der Waals surface area (Å²) in [6, 6.07) is 3.69. The monoisotopic (exact) mass is 174 g/mol. The third kappa shape index (κ3) is 1.81. The van der Waals surface area contributed by atoms with Crippen molar-refractivity contribution < 1.29 is 5.11 Å². The highest BCUT2D eigenvalue weighted by molar-refractivity contribution is 5.63. The van der Waals surface area contributed by atoms with Gasteiger partial charge in [0, 0.05) is 5.56 Å². The lowest BCUT2D eigenvalue weighted by Gasteiger charge is -2.07. The number of phenols is 1. The molecule has 0 atom stereocenters. The molecule has 0 aliphatic rings. The topological polar surface area (TPSA) is 20.2 Å². The molecule has 0 aromatic heterocycles. The van der Waals surface area contributed by atoms with Gasteiger partial charge in [-0.05, 0) is 29.7 Å². The normalized spacial score (nSPS) is 9.62. The van der Waals surface area contributed by atoms with E-state index < -0.39 is 0 Å². The summed E-state index contributed by atoms with van der Waals surface area (Å²) in [5, 5.41) is 9.64. The highest BCUT2D eigenvalue weighted by Crippen LogP contribution is 2.25. The Morgan fingerprint density at radius 3 is 2.46 bits per heavy atom. The molecular formula is C12H14O. The van der Waals surface area contributed by atoms with Gasteiger partial charge in [-0.2, -0.15) is 0 Å². The van der Waals surface area contributed by atoms with Gasteiger partial charge in [-0.3, -0.25) is 0 Å². The quantitative estimate of drug-likeness (QED) is 0.745. The van der Waals surface area contributed by atoms with Crippen molar-refractivity contribution in [3.05, 3.63) is 42.0 Å². The molecule has 0 fully saturated rings. The largest absolute Gasteiger partial charge is 0.508 e. The third-order valence-electron chi connectivity index (χ3n) is 2.09. The molecule has 0 aliphatic heterocycles. The maximum absolute atomic E-state index is 9.64. The summed E-state index contributed by atoms with van der Waals surface area (Å²) in [5.74, 6) is 0.329. The molecule has 0 amide bonds. The molecule has 1 nitrogen and oxygen atoms in total. The van der Waals surface area contributed by atoms with Gasteiger partial charge < -0.3 is 5.11 Å². The molecule has 0 aliphatic carbocycles. The van der Waals surface area contributed by atoms with Crippen LogP contribution in [0.2, 0.25) is 0 Å². The van der Waals surface area contributed by atoms with E-state index in [-0.39, 0.29) is 0 Å². The van der Waals surface area contributed by atoms with Crippen molar-refractivity contribution in [1.82, 2.24) is 0 Å². The lowest BCUT2D eigenvalue weighted by Crippen LogP contribution is -1.88. The molecule has 1 aromatic rings. The average Bonchev–Trinajstić information content (AvgIpc) is 2.16. The van der Waals surface area contributed by atoms with Gasteiger partial charge in [0.2, 0.25) is 0 Å². The fraction of sp³-hybridized carbons (Fsp3) is 0.167. The highest BCUT2D eigenvalue weighted by atomic mass is 16.3. The van der Waals surface area contributed by atoms with Gasteiger partial charge in [-0.1, -0.05) is 32.2 Å². The maximum atomic E-state index is 9.64. The Labute approximate surface area is 79.0 Å². The van der Waals surface area contributed by atoms with Crippen molar-refractivity contribution in [2.75, 3.05) is 0 Å². The van der Waals surface area contributed by atoms with E-state index in [4.69, 9.17) is 0 Å². The van der Waals surface area contributed by atoms with Crippen molar-refractivity contribution >= 4 is 12.2 Å². The SMILES string of the molecule is C=Cc1cc(O)c(CC)c(C=C)c1. The van der Waals surface area contributed by atoms with E-state index in [9.17, 15) is 5.11 Å². The summed E-state index contributed by atoms with van der Waals surface area (Å²) >= 11 is 0. The lowest BCUT2D eigenvalue weighted by atomic mass is 10.0. The van der Waals surface area contributed by atoms with Gasteiger partial charge in [0.15, 0.2) is 0 Å². The first-order valence-corrected chi connectivity index (χ1v) is 4.33.